The number of halogens is 2. The molecule has 3 heteroatoms. The van der Waals surface area contributed by atoms with Crippen LogP contribution in [-0.4, -0.2) is 6.54 Å². The summed E-state index contributed by atoms with van der Waals surface area (Å²) in [6.45, 7) is 6.86. The van der Waals surface area contributed by atoms with E-state index in [1.165, 1.54) is 18.4 Å². The third-order valence-electron chi connectivity index (χ3n) is 4.51. The van der Waals surface area contributed by atoms with Crippen molar-refractivity contribution in [2.24, 2.45) is 11.7 Å². The van der Waals surface area contributed by atoms with E-state index in [1.54, 1.807) is 0 Å². The van der Waals surface area contributed by atoms with Crippen molar-refractivity contribution in [1.29, 1.82) is 0 Å². The molecule has 1 saturated carbocycles. The summed E-state index contributed by atoms with van der Waals surface area (Å²) in [5, 5.41) is 0.258. The van der Waals surface area contributed by atoms with Crippen molar-refractivity contribution < 1.29 is 4.39 Å². The van der Waals surface area contributed by atoms with Crippen LogP contribution >= 0.6 is 11.6 Å². The van der Waals surface area contributed by atoms with E-state index >= 15 is 0 Å². The minimum absolute atomic E-state index is 0.224. The molecule has 1 aliphatic rings. The maximum absolute atomic E-state index is 14.2. The Hall–Kier alpha value is -0.600. The van der Waals surface area contributed by atoms with Gasteiger partial charge in [-0.15, -0.1) is 0 Å². The second-order valence-corrected chi connectivity index (χ2v) is 7.47. The molecule has 0 spiro atoms. The van der Waals surface area contributed by atoms with Gasteiger partial charge in [-0.2, -0.15) is 0 Å². The second kappa shape index (κ2) is 6.03. The van der Waals surface area contributed by atoms with Gasteiger partial charge in [0, 0.05) is 0 Å². The summed E-state index contributed by atoms with van der Waals surface area (Å²) in [6, 6.07) is 3.84. The number of nitrogens with two attached hydrogens (primary N) is 1. The molecule has 112 valence electrons. The Morgan fingerprint density at radius 3 is 2.30 bits per heavy atom. The van der Waals surface area contributed by atoms with Gasteiger partial charge in [0.1, 0.15) is 5.82 Å². The molecule has 1 aromatic rings. The SMILES string of the molecule is CC(C)(C)c1cc(C2CCC(CN)CC2)cc(Cl)c1F. The molecule has 0 aliphatic heterocycles. The minimum atomic E-state index is -0.265. The quantitative estimate of drug-likeness (QED) is 0.816. The molecule has 0 atom stereocenters. The summed E-state index contributed by atoms with van der Waals surface area (Å²) in [7, 11) is 0. The van der Waals surface area contributed by atoms with Crippen molar-refractivity contribution in [2.75, 3.05) is 6.54 Å². The maximum atomic E-state index is 14.2. The highest BCUT2D eigenvalue weighted by Crippen LogP contribution is 2.39. The fourth-order valence-electron chi connectivity index (χ4n) is 3.12. The van der Waals surface area contributed by atoms with Crippen LogP contribution in [0.25, 0.3) is 0 Å². The molecule has 0 radical (unpaired) electrons. The molecule has 1 aromatic carbocycles. The van der Waals surface area contributed by atoms with Crippen molar-refractivity contribution in [1.82, 2.24) is 0 Å². The smallest absolute Gasteiger partial charge is 0.145 e. The van der Waals surface area contributed by atoms with Crippen molar-refractivity contribution >= 4 is 11.6 Å². The Balaban J connectivity index is 2.27. The van der Waals surface area contributed by atoms with Crippen molar-refractivity contribution in [3.05, 3.63) is 34.1 Å². The average Bonchev–Trinajstić information content (AvgIpc) is 2.40. The van der Waals surface area contributed by atoms with Crippen LogP contribution in [0.15, 0.2) is 12.1 Å². The van der Waals surface area contributed by atoms with E-state index in [1.807, 2.05) is 32.9 Å². The zero-order chi connectivity index (χ0) is 14.9. The van der Waals surface area contributed by atoms with E-state index in [-0.39, 0.29) is 16.3 Å². The molecule has 20 heavy (non-hydrogen) atoms. The topological polar surface area (TPSA) is 26.0 Å². The summed E-state index contributed by atoms with van der Waals surface area (Å²) >= 11 is 6.11. The highest BCUT2D eigenvalue weighted by atomic mass is 35.5. The van der Waals surface area contributed by atoms with E-state index in [9.17, 15) is 4.39 Å². The van der Waals surface area contributed by atoms with Gasteiger partial charge >= 0.3 is 0 Å². The van der Waals surface area contributed by atoms with E-state index in [4.69, 9.17) is 17.3 Å². The van der Waals surface area contributed by atoms with E-state index in [2.05, 4.69) is 0 Å². The Labute approximate surface area is 126 Å². The molecule has 0 amide bonds. The van der Waals surface area contributed by atoms with Gasteiger partial charge in [-0.3, -0.25) is 0 Å². The lowest BCUT2D eigenvalue weighted by Crippen LogP contribution is -2.21. The largest absolute Gasteiger partial charge is 0.330 e. The summed E-state index contributed by atoms with van der Waals surface area (Å²) in [4.78, 5) is 0. The number of benzene rings is 1. The molecule has 2 N–H and O–H groups in total. The highest BCUT2D eigenvalue weighted by molar-refractivity contribution is 6.30. The average molecular weight is 298 g/mol. The Kier molecular flexibility index (Phi) is 4.76. The molecule has 1 nitrogen and oxygen atoms in total. The van der Waals surface area contributed by atoms with Gasteiger partial charge in [0.15, 0.2) is 0 Å². The van der Waals surface area contributed by atoms with Crippen LogP contribution in [-0.2, 0) is 5.41 Å². The summed E-state index contributed by atoms with van der Waals surface area (Å²) < 4.78 is 14.2. The normalized spacial score (nSPS) is 23.9. The second-order valence-electron chi connectivity index (χ2n) is 7.07. The van der Waals surface area contributed by atoms with E-state index in [0.29, 0.717) is 11.8 Å². The first-order valence-electron chi connectivity index (χ1n) is 7.52. The fraction of sp³-hybridized carbons (Fsp3) is 0.647. The van der Waals surface area contributed by atoms with Crippen LogP contribution in [0.2, 0.25) is 5.02 Å². The van der Waals surface area contributed by atoms with Crippen LogP contribution < -0.4 is 5.73 Å². The molecular weight excluding hydrogens is 273 g/mol. The lowest BCUT2D eigenvalue weighted by molar-refractivity contribution is 0.332. The van der Waals surface area contributed by atoms with Gasteiger partial charge in [-0.1, -0.05) is 38.4 Å². The lowest BCUT2D eigenvalue weighted by atomic mass is 9.77. The third kappa shape index (κ3) is 3.35. The molecule has 0 aromatic heterocycles. The van der Waals surface area contributed by atoms with E-state index in [0.717, 1.165) is 24.9 Å². The number of hydrogen-bond donors (Lipinski definition) is 1. The van der Waals surface area contributed by atoms with Crippen LogP contribution in [0.3, 0.4) is 0 Å². The maximum Gasteiger partial charge on any atom is 0.145 e. The fourth-order valence-corrected chi connectivity index (χ4v) is 3.35. The highest BCUT2D eigenvalue weighted by Gasteiger charge is 2.26. The van der Waals surface area contributed by atoms with Gasteiger partial charge in [-0.05, 0) is 66.7 Å². The van der Waals surface area contributed by atoms with Crippen LogP contribution in [0, 0.1) is 11.7 Å². The van der Waals surface area contributed by atoms with Gasteiger partial charge in [0.05, 0.1) is 5.02 Å². The molecule has 1 aliphatic carbocycles. The molecular formula is C17H25ClFN. The predicted octanol–water partition coefficient (Wildman–Crippen LogP) is 5.01. The summed E-state index contributed by atoms with van der Waals surface area (Å²) in [5.74, 6) is 0.889. The number of rotatable bonds is 2. The van der Waals surface area contributed by atoms with Crippen LogP contribution in [0.5, 0.6) is 0 Å². The Morgan fingerprint density at radius 1 is 1.20 bits per heavy atom. The summed E-state index contributed by atoms with van der Waals surface area (Å²) in [6.07, 6.45) is 4.60. The lowest BCUT2D eigenvalue weighted by Gasteiger charge is -2.29. The van der Waals surface area contributed by atoms with Crippen molar-refractivity contribution in [2.45, 2.75) is 57.8 Å². The monoisotopic (exact) mass is 297 g/mol. The summed E-state index contributed by atoms with van der Waals surface area (Å²) in [5.41, 5.74) is 7.43. The molecule has 1 fully saturated rings. The zero-order valence-corrected chi connectivity index (χ0v) is 13.4. The van der Waals surface area contributed by atoms with Crippen LogP contribution in [0.1, 0.15) is 63.5 Å². The van der Waals surface area contributed by atoms with Crippen molar-refractivity contribution in [3.63, 3.8) is 0 Å². The first kappa shape index (κ1) is 15.8. The standard InChI is InChI=1S/C17H25ClFN/c1-17(2,3)14-8-13(9-15(18)16(14)19)12-6-4-11(10-20)5-7-12/h8-9,11-12H,4-7,10,20H2,1-3H3. The predicted molar refractivity (Wildman–Crippen MR) is 83.9 cm³/mol. The van der Waals surface area contributed by atoms with Gasteiger partial charge in [0.2, 0.25) is 0 Å². The minimum Gasteiger partial charge on any atom is -0.330 e. The molecule has 2 rings (SSSR count). The van der Waals surface area contributed by atoms with Crippen molar-refractivity contribution in [3.8, 4) is 0 Å². The third-order valence-corrected chi connectivity index (χ3v) is 4.79. The van der Waals surface area contributed by atoms with E-state index < -0.39 is 0 Å². The molecule has 0 heterocycles. The van der Waals surface area contributed by atoms with Gasteiger partial charge in [0.25, 0.3) is 0 Å². The molecule has 0 saturated heterocycles. The van der Waals surface area contributed by atoms with Crippen LogP contribution in [0.4, 0.5) is 4.39 Å². The first-order valence-corrected chi connectivity index (χ1v) is 7.90. The Morgan fingerprint density at radius 2 is 1.80 bits per heavy atom. The molecule has 0 bridgehead atoms. The zero-order valence-electron chi connectivity index (χ0n) is 12.7. The molecule has 0 unspecified atom stereocenters. The Bertz CT molecular complexity index is 471. The first-order chi connectivity index (χ1) is 9.32. The van der Waals surface area contributed by atoms with Gasteiger partial charge < -0.3 is 5.73 Å². The van der Waals surface area contributed by atoms with Gasteiger partial charge in [-0.25, -0.2) is 4.39 Å². The number of hydrogen-bond acceptors (Lipinski definition) is 1.